The zero-order chi connectivity index (χ0) is 22.5. The number of para-hydroxylation sites is 1. The van der Waals surface area contributed by atoms with Gasteiger partial charge in [-0.3, -0.25) is 9.69 Å². The zero-order valence-electron chi connectivity index (χ0n) is 18.3. The summed E-state index contributed by atoms with van der Waals surface area (Å²) in [5.74, 6) is 0.0581. The SMILES string of the molecule is O=C(C(Cc1ccccc1)n1cnnn1)N1CCN(Cc2cnn(-c3ccccc3)c2)CC1. The van der Waals surface area contributed by atoms with Crippen molar-refractivity contribution in [2.24, 2.45) is 0 Å². The van der Waals surface area contributed by atoms with Gasteiger partial charge in [-0.05, 0) is 28.1 Å². The van der Waals surface area contributed by atoms with E-state index in [1.54, 1.807) is 4.68 Å². The first-order valence-corrected chi connectivity index (χ1v) is 11.1. The molecular weight excluding hydrogens is 416 g/mol. The molecular formula is C24H26N8O. The van der Waals surface area contributed by atoms with E-state index in [1.807, 2.05) is 76.4 Å². The van der Waals surface area contributed by atoms with Crippen molar-refractivity contribution < 1.29 is 4.79 Å². The second-order valence-electron chi connectivity index (χ2n) is 8.23. The molecule has 33 heavy (non-hydrogen) atoms. The van der Waals surface area contributed by atoms with E-state index in [0.29, 0.717) is 19.5 Å². The van der Waals surface area contributed by atoms with Gasteiger partial charge in [-0.1, -0.05) is 48.5 Å². The Kier molecular flexibility index (Phi) is 6.21. The Hall–Kier alpha value is -3.85. The maximum absolute atomic E-state index is 13.4. The number of amides is 1. The molecule has 1 unspecified atom stereocenters. The van der Waals surface area contributed by atoms with E-state index < -0.39 is 6.04 Å². The van der Waals surface area contributed by atoms with Crippen LogP contribution in [0.3, 0.4) is 0 Å². The summed E-state index contributed by atoms with van der Waals surface area (Å²) in [6, 6.07) is 19.6. The molecule has 0 N–H and O–H groups in total. The average molecular weight is 443 g/mol. The van der Waals surface area contributed by atoms with Gasteiger partial charge in [-0.2, -0.15) is 5.10 Å². The Morgan fingerprint density at radius 3 is 2.33 bits per heavy atom. The number of carbonyl (C=O) groups is 1. The standard InChI is InChI=1S/C24H26N8O/c33-24(23(32-19-25-27-28-32)15-20-7-3-1-4-8-20)30-13-11-29(12-14-30)17-21-16-26-31(18-21)22-9-5-2-6-10-22/h1-10,16,18-19,23H,11-15,17H2. The van der Waals surface area contributed by atoms with E-state index in [1.165, 1.54) is 6.33 Å². The van der Waals surface area contributed by atoms with Crippen molar-refractivity contribution in [2.45, 2.75) is 19.0 Å². The molecule has 0 radical (unpaired) electrons. The molecule has 1 atom stereocenters. The molecule has 9 nitrogen and oxygen atoms in total. The topological polar surface area (TPSA) is 85.0 Å². The van der Waals surface area contributed by atoms with Crippen LogP contribution in [0, 0.1) is 0 Å². The fourth-order valence-corrected chi connectivity index (χ4v) is 4.20. The van der Waals surface area contributed by atoms with Gasteiger partial charge in [0.05, 0.1) is 11.9 Å². The van der Waals surface area contributed by atoms with Crippen molar-refractivity contribution in [2.75, 3.05) is 26.2 Å². The molecule has 1 fully saturated rings. The van der Waals surface area contributed by atoms with E-state index in [2.05, 4.69) is 31.7 Å². The van der Waals surface area contributed by atoms with Gasteiger partial charge < -0.3 is 4.90 Å². The number of hydrogen-bond acceptors (Lipinski definition) is 6. The van der Waals surface area contributed by atoms with Crippen molar-refractivity contribution in [3.05, 3.63) is 90.5 Å². The Labute approximate surface area is 192 Å². The first-order chi connectivity index (χ1) is 16.3. The number of piperazine rings is 1. The van der Waals surface area contributed by atoms with Crippen LogP contribution in [-0.2, 0) is 17.8 Å². The minimum atomic E-state index is -0.446. The van der Waals surface area contributed by atoms with Gasteiger partial charge in [0.25, 0.3) is 0 Å². The van der Waals surface area contributed by atoms with Gasteiger partial charge in [0, 0.05) is 50.9 Å². The summed E-state index contributed by atoms with van der Waals surface area (Å²) in [5, 5.41) is 16.0. The predicted octanol–water partition coefficient (Wildman–Crippen LogP) is 1.99. The van der Waals surface area contributed by atoms with Crippen LogP contribution in [0.4, 0.5) is 0 Å². The Balaban J connectivity index is 1.20. The highest BCUT2D eigenvalue weighted by atomic mass is 16.2. The Morgan fingerprint density at radius 2 is 1.64 bits per heavy atom. The molecule has 2 aromatic carbocycles. The summed E-state index contributed by atoms with van der Waals surface area (Å²) in [6.45, 7) is 3.80. The van der Waals surface area contributed by atoms with Crippen LogP contribution in [0.15, 0.2) is 79.4 Å². The molecule has 9 heteroatoms. The van der Waals surface area contributed by atoms with E-state index >= 15 is 0 Å². The first kappa shape index (κ1) is 21.0. The molecule has 5 rings (SSSR count). The molecule has 2 aromatic heterocycles. The fraction of sp³-hybridized carbons (Fsp3) is 0.292. The Bertz CT molecular complexity index is 1150. The summed E-state index contributed by atoms with van der Waals surface area (Å²) >= 11 is 0. The number of carbonyl (C=O) groups excluding carboxylic acids is 1. The molecule has 1 saturated heterocycles. The van der Waals surface area contributed by atoms with Gasteiger partial charge >= 0.3 is 0 Å². The largest absolute Gasteiger partial charge is 0.338 e. The lowest BCUT2D eigenvalue weighted by atomic mass is 10.0. The van der Waals surface area contributed by atoms with Crippen molar-refractivity contribution >= 4 is 5.91 Å². The minimum absolute atomic E-state index is 0.0581. The first-order valence-electron chi connectivity index (χ1n) is 11.1. The summed E-state index contributed by atoms with van der Waals surface area (Å²) in [7, 11) is 0. The number of tetrazole rings is 1. The maximum atomic E-state index is 13.4. The van der Waals surface area contributed by atoms with Crippen LogP contribution in [0.2, 0.25) is 0 Å². The van der Waals surface area contributed by atoms with Gasteiger partial charge in [0.15, 0.2) is 0 Å². The molecule has 1 aliphatic heterocycles. The molecule has 3 heterocycles. The molecule has 1 aliphatic rings. The van der Waals surface area contributed by atoms with Gasteiger partial charge in [0.2, 0.25) is 5.91 Å². The minimum Gasteiger partial charge on any atom is -0.338 e. The maximum Gasteiger partial charge on any atom is 0.248 e. The number of aromatic nitrogens is 6. The Morgan fingerprint density at radius 1 is 0.909 bits per heavy atom. The summed E-state index contributed by atoms with van der Waals surface area (Å²) < 4.78 is 3.47. The number of rotatable bonds is 7. The highest BCUT2D eigenvalue weighted by molar-refractivity contribution is 5.80. The lowest BCUT2D eigenvalue weighted by Gasteiger charge is -2.36. The second kappa shape index (κ2) is 9.74. The molecule has 4 aromatic rings. The van der Waals surface area contributed by atoms with E-state index in [9.17, 15) is 4.79 Å². The van der Waals surface area contributed by atoms with E-state index in [4.69, 9.17) is 0 Å². The van der Waals surface area contributed by atoms with Crippen LogP contribution >= 0.6 is 0 Å². The van der Waals surface area contributed by atoms with Crippen molar-refractivity contribution in [1.29, 1.82) is 0 Å². The third kappa shape index (κ3) is 4.98. The third-order valence-electron chi connectivity index (χ3n) is 5.99. The van der Waals surface area contributed by atoms with Crippen molar-refractivity contribution in [3.63, 3.8) is 0 Å². The number of benzene rings is 2. The van der Waals surface area contributed by atoms with Crippen LogP contribution in [0.5, 0.6) is 0 Å². The molecule has 0 saturated carbocycles. The molecule has 168 valence electrons. The summed E-state index contributed by atoms with van der Waals surface area (Å²) in [4.78, 5) is 17.7. The lowest BCUT2D eigenvalue weighted by molar-refractivity contribution is -0.137. The lowest BCUT2D eigenvalue weighted by Crippen LogP contribution is -2.50. The number of nitrogens with zero attached hydrogens (tertiary/aromatic N) is 8. The van der Waals surface area contributed by atoms with Crippen molar-refractivity contribution in [1.82, 2.24) is 39.8 Å². The van der Waals surface area contributed by atoms with Crippen LogP contribution < -0.4 is 0 Å². The molecule has 0 bridgehead atoms. The summed E-state index contributed by atoms with van der Waals surface area (Å²) in [6.07, 6.45) is 6.06. The fourth-order valence-electron chi connectivity index (χ4n) is 4.20. The van der Waals surface area contributed by atoms with Crippen LogP contribution in [0.1, 0.15) is 17.2 Å². The second-order valence-corrected chi connectivity index (χ2v) is 8.23. The smallest absolute Gasteiger partial charge is 0.248 e. The molecule has 0 spiro atoms. The third-order valence-corrected chi connectivity index (χ3v) is 5.99. The quantitative estimate of drug-likeness (QED) is 0.435. The number of hydrogen-bond donors (Lipinski definition) is 0. The average Bonchev–Trinajstić information content (AvgIpc) is 3.57. The van der Waals surface area contributed by atoms with Gasteiger partial charge in [0.1, 0.15) is 12.4 Å². The zero-order valence-corrected chi connectivity index (χ0v) is 18.3. The van der Waals surface area contributed by atoms with Gasteiger partial charge in [-0.15, -0.1) is 5.10 Å². The van der Waals surface area contributed by atoms with Crippen LogP contribution in [-0.4, -0.2) is 71.9 Å². The summed E-state index contributed by atoms with van der Waals surface area (Å²) in [5.41, 5.74) is 3.29. The van der Waals surface area contributed by atoms with Gasteiger partial charge in [-0.25, -0.2) is 9.36 Å². The van der Waals surface area contributed by atoms with E-state index in [-0.39, 0.29) is 5.91 Å². The predicted molar refractivity (Wildman–Crippen MR) is 122 cm³/mol. The van der Waals surface area contributed by atoms with Crippen LogP contribution in [0.25, 0.3) is 5.69 Å². The molecule has 0 aliphatic carbocycles. The monoisotopic (exact) mass is 442 g/mol. The van der Waals surface area contributed by atoms with E-state index in [0.717, 1.165) is 36.4 Å². The normalized spacial score (nSPS) is 15.5. The highest BCUT2D eigenvalue weighted by Gasteiger charge is 2.29. The van der Waals surface area contributed by atoms with Crippen molar-refractivity contribution in [3.8, 4) is 5.69 Å². The molecule has 1 amide bonds. The highest BCUT2D eigenvalue weighted by Crippen LogP contribution is 2.18.